The molecular weight excluding hydrogens is 488 g/mol. The van der Waals surface area contributed by atoms with Crippen molar-refractivity contribution in [2.24, 2.45) is 0 Å². The van der Waals surface area contributed by atoms with Crippen LogP contribution in [0.3, 0.4) is 0 Å². The van der Waals surface area contributed by atoms with Crippen LogP contribution < -0.4 is 4.74 Å². The quantitative estimate of drug-likeness (QED) is 0.460. The molecule has 0 spiro atoms. The molecule has 2 atom stereocenters. The lowest BCUT2D eigenvalue weighted by Gasteiger charge is -2.37. The van der Waals surface area contributed by atoms with Gasteiger partial charge in [0.2, 0.25) is 0 Å². The van der Waals surface area contributed by atoms with Crippen molar-refractivity contribution in [1.29, 1.82) is 0 Å². The lowest BCUT2D eigenvalue weighted by atomic mass is 9.90. The van der Waals surface area contributed by atoms with E-state index in [4.69, 9.17) is 4.74 Å². The second kappa shape index (κ2) is 9.91. The number of hydrogen-bond donors (Lipinski definition) is 3. The van der Waals surface area contributed by atoms with Crippen LogP contribution in [0.1, 0.15) is 66.9 Å². The molecule has 2 aliphatic rings. The number of ether oxygens (including phenoxy) is 1. The number of nitrogens with zero attached hydrogens (tertiary/aromatic N) is 2. The Bertz CT molecular complexity index is 1310. The number of carbonyl (C=O) groups excluding carboxylic acids is 1. The van der Waals surface area contributed by atoms with Crippen LogP contribution in [-0.4, -0.2) is 62.6 Å². The van der Waals surface area contributed by atoms with Gasteiger partial charge in [-0.1, -0.05) is 6.07 Å². The van der Waals surface area contributed by atoms with Crippen molar-refractivity contribution in [3.05, 3.63) is 52.0 Å². The van der Waals surface area contributed by atoms with Crippen LogP contribution >= 0.6 is 11.3 Å². The number of fused-ring (bicyclic) bond motifs is 5. The minimum absolute atomic E-state index is 0.0687. The van der Waals surface area contributed by atoms with Crippen molar-refractivity contribution in [3.63, 3.8) is 0 Å². The lowest BCUT2D eigenvalue weighted by Crippen LogP contribution is -2.47. The molecule has 4 heterocycles. The smallest absolute Gasteiger partial charge is 0.271 e. The maximum absolute atomic E-state index is 14.2. The zero-order valence-corrected chi connectivity index (χ0v) is 22.8. The van der Waals surface area contributed by atoms with Crippen LogP contribution in [0.5, 0.6) is 5.75 Å². The number of amides is 1. The number of aliphatic hydroxyl groups excluding tert-OH is 3. The molecule has 5 rings (SSSR count). The van der Waals surface area contributed by atoms with E-state index >= 15 is 0 Å². The van der Waals surface area contributed by atoms with E-state index in [0.717, 1.165) is 64.3 Å². The number of aliphatic hydroxyl groups is 3. The first-order chi connectivity index (χ1) is 17.7. The summed E-state index contributed by atoms with van der Waals surface area (Å²) >= 11 is 1.66. The summed E-state index contributed by atoms with van der Waals surface area (Å²) in [6.45, 7) is 7.12. The summed E-state index contributed by atoms with van der Waals surface area (Å²) in [5, 5.41) is 32.6. The SMILES string of the molecule is COc1cc2c(cc1[C@@H](O)[C@H](O)CO)-c1c(-c3cccs3)c3c(n1CC2)C(=O)N(C(C)(C)C)CCCC3. The third-order valence-corrected chi connectivity index (χ3v) is 8.52. The van der Waals surface area contributed by atoms with Crippen LogP contribution in [0.15, 0.2) is 29.6 Å². The van der Waals surface area contributed by atoms with E-state index in [1.54, 1.807) is 11.3 Å². The van der Waals surface area contributed by atoms with Gasteiger partial charge in [0.1, 0.15) is 23.7 Å². The van der Waals surface area contributed by atoms with Crippen LogP contribution in [0.25, 0.3) is 21.7 Å². The van der Waals surface area contributed by atoms with E-state index in [9.17, 15) is 20.1 Å². The molecule has 198 valence electrons. The first-order valence-electron chi connectivity index (χ1n) is 13.0. The molecule has 0 bridgehead atoms. The van der Waals surface area contributed by atoms with Gasteiger partial charge >= 0.3 is 0 Å². The third kappa shape index (κ3) is 4.40. The van der Waals surface area contributed by atoms with Gasteiger partial charge in [0, 0.05) is 40.2 Å². The second-order valence-corrected chi connectivity index (χ2v) is 11.9. The fourth-order valence-electron chi connectivity index (χ4n) is 5.80. The number of hydrogen-bond acceptors (Lipinski definition) is 6. The predicted molar refractivity (Wildman–Crippen MR) is 145 cm³/mol. The van der Waals surface area contributed by atoms with Gasteiger partial charge in [-0.25, -0.2) is 0 Å². The summed E-state index contributed by atoms with van der Waals surface area (Å²) in [7, 11) is 1.54. The molecule has 0 aliphatic carbocycles. The van der Waals surface area contributed by atoms with E-state index in [1.165, 1.54) is 7.11 Å². The van der Waals surface area contributed by atoms with Crippen molar-refractivity contribution in [2.45, 2.75) is 70.7 Å². The topological polar surface area (TPSA) is 95.2 Å². The Morgan fingerprint density at radius 1 is 1.11 bits per heavy atom. The number of aryl methyl sites for hydroxylation is 1. The Labute approximate surface area is 221 Å². The van der Waals surface area contributed by atoms with Crippen molar-refractivity contribution in [3.8, 4) is 27.4 Å². The minimum atomic E-state index is -1.33. The molecular formula is C29H36N2O5S. The number of thiophene rings is 1. The monoisotopic (exact) mass is 524 g/mol. The van der Waals surface area contributed by atoms with E-state index in [0.29, 0.717) is 24.3 Å². The van der Waals surface area contributed by atoms with E-state index in [2.05, 4.69) is 36.8 Å². The molecule has 0 fully saturated rings. The summed E-state index contributed by atoms with van der Waals surface area (Å²) in [5.74, 6) is 0.545. The summed E-state index contributed by atoms with van der Waals surface area (Å²) in [4.78, 5) is 17.3. The number of methoxy groups -OCH3 is 1. The highest BCUT2D eigenvalue weighted by Crippen LogP contribution is 2.48. The van der Waals surface area contributed by atoms with Crippen molar-refractivity contribution >= 4 is 17.2 Å². The highest BCUT2D eigenvalue weighted by Gasteiger charge is 2.38. The Morgan fingerprint density at radius 3 is 2.54 bits per heavy atom. The molecule has 1 amide bonds. The Kier molecular flexibility index (Phi) is 6.96. The van der Waals surface area contributed by atoms with Gasteiger partial charge < -0.3 is 29.5 Å². The van der Waals surface area contributed by atoms with E-state index in [-0.39, 0.29) is 11.4 Å². The maximum Gasteiger partial charge on any atom is 0.271 e. The van der Waals surface area contributed by atoms with Crippen molar-refractivity contribution in [2.75, 3.05) is 20.3 Å². The molecule has 7 nitrogen and oxygen atoms in total. The van der Waals surface area contributed by atoms with Gasteiger partial charge in [0.15, 0.2) is 0 Å². The third-order valence-electron chi connectivity index (χ3n) is 7.63. The summed E-state index contributed by atoms with van der Waals surface area (Å²) < 4.78 is 7.77. The molecule has 0 saturated carbocycles. The largest absolute Gasteiger partial charge is 0.496 e. The van der Waals surface area contributed by atoms with Gasteiger partial charge in [-0.15, -0.1) is 11.3 Å². The second-order valence-electron chi connectivity index (χ2n) is 11.0. The van der Waals surface area contributed by atoms with E-state index in [1.807, 2.05) is 23.1 Å². The zero-order valence-electron chi connectivity index (χ0n) is 22.0. The van der Waals surface area contributed by atoms with Crippen molar-refractivity contribution in [1.82, 2.24) is 9.47 Å². The first-order valence-corrected chi connectivity index (χ1v) is 13.8. The highest BCUT2D eigenvalue weighted by molar-refractivity contribution is 7.13. The maximum atomic E-state index is 14.2. The molecule has 2 aliphatic heterocycles. The number of aromatic nitrogens is 1. The first kappa shape index (κ1) is 26.0. The van der Waals surface area contributed by atoms with Crippen LogP contribution in [0, 0.1) is 0 Å². The van der Waals surface area contributed by atoms with Gasteiger partial charge in [0.25, 0.3) is 5.91 Å². The van der Waals surface area contributed by atoms with Gasteiger partial charge in [-0.2, -0.15) is 0 Å². The zero-order chi connectivity index (χ0) is 26.5. The fourth-order valence-corrected chi connectivity index (χ4v) is 6.60. The number of carbonyl (C=O) groups is 1. The molecule has 37 heavy (non-hydrogen) atoms. The van der Waals surface area contributed by atoms with Gasteiger partial charge in [-0.3, -0.25) is 4.79 Å². The number of benzene rings is 1. The summed E-state index contributed by atoms with van der Waals surface area (Å²) in [6.07, 6.45) is 0.857. The fraction of sp³-hybridized carbons (Fsp3) is 0.483. The minimum Gasteiger partial charge on any atom is -0.496 e. The van der Waals surface area contributed by atoms with Gasteiger partial charge in [0.05, 0.1) is 19.4 Å². The average Bonchev–Trinajstić information content (AvgIpc) is 3.50. The Hall–Kier alpha value is -2.65. The normalized spacial score (nSPS) is 17.4. The van der Waals surface area contributed by atoms with Crippen molar-refractivity contribution < 1.29 is 24.9 Å². The van der Waals surface area contributed by atoms with Gasteiger partial charge in [-0.05, 0) is 81.2 Å². The van der Waals surface area contributed by atoms with Crippen LogP contribution in [0.4, 0.5) is 0 Å². The summed E-state index contributed by atoms with van der Waals surface area (Å²) in [6, 6.07) is 7.94. The number of rotatable bonds is 5. The molecule has 8 heteroatoms. The standard InChI is InChI=1S/C29H36N2O5S/c1-29(2,3)31-11-6-5-8-18-24(23-9-7-13-37-23)25-19-15-20(27(34)21(33)16-32)22(36-4)14-17(19)10-12-30(25)26(18)28(31)35/h7,9,13-15,21,27,32-34H,5-6,8,10-12,16H2,1-4H3/t21-,27-/m1/s1. The molecule has 2 aromatic heterocycles. The highest BCUT2D eigenvalue weighted by atomic mass is 32.1. The molecule has 1 aromatic carbocycles. The molecule has 0 unspecified atom stereocenters. The Morgan fingerprint density at radius 2 is 1.89 bits per heavy atom. The molecule has 3 N–H and O–H groups in total. The van der Waals surface area contributed by atoms with Crippen LogP contribution in [0.2, 0.25) is 0 Å². The van der Waals surface area contributed by atoms with E-state index < -0.39 is 18.8 Å². The lowest BCUT2D eigenvalue weighted by molar-refractivity contribution is -0.0162. The Balaban J connectivity index is 1.80. The molecule has 0 radical (unpaired) electrons. The summed E-state index contributed by atoms with van der Waals surface area (Å²) in [5.41, 5.74) is 6.06. The molecule has 0 saturated heterocycles. The predicted octanol–water partition coefficient (Wildman–Crippen LogP) is 4.41. The average molecular weight is 525 g/mol. The molecule has 3 aromatic rings. The van der Waals surface area contributed by atoms with Crippen LogP contribution in [-0.2, 0) is 19.4 Å².